The van der Waals surface area contributed by atoms with Crippen LogP contribution in [-0.4, -0.2) is 79.5 Å². The van der Waals surface area contributed by atoms with Gasteiger partial charge in [-0.3, -0.25) is 19.3 Å². The molecule has 1 atom stereocenters. The molecule has 0 bridgehead atoms. The van der Waals surface area contributed by atoms with Crippen molar-refractivity contribution in [3.05, 3.63) is 29.8 Å². The molecule has 1 aromatic carbocycles. The van der Waals surface area contributed by atoms with Gasteiger partial charge in [-0.2, -0.15) is 0 Å². The number of nitrogens with zero attached hydrogens (tertiary/aromatic N) is 2. The number of nitrogens with one attached hydrogen (secondary N) is 2. The fourth-order valence-corrected chi connectivity index (χ4v) is 3.61. The lowest BCUT2D eigenvalue weighted by molar-refractivity contribution is -0.129. The topological polar surface area (TPSA) is 91.0 Å². The quantitative estimate of drug-likeness (QED) is 0.709. The number of carbonyl (C=O) groups is 3. The zero-order chi connectivity index (χ0) is 20.8. The summed E-state index contributed by atoms with van der Waals surface area (Å²) in [6, 6.07) is 6.92. The molecule has 0 spiro atoms. The summed E-state index contributed by atoms with van der Waals surface area (Å²) in [5.74, 6) is -0.619. The molecule has 2 aliphatic rings. The van der Waals surface area contributed by atoms with Gasteiger partial charge in [0.05, 0.1) is 19.1 Å². The van der Waals surface area contributed by atoms with Gasteiger partial charge < -0.3 is 20.3 Å². The molecule has 2 aliphatic heterocycles. The summed E-state index contributed by atoms with van der Waals surface area (Å²) in [5.41, 5.74) is 1.17. The Kier molecular flexibility index (Phi) is 7.22. The van der Waals surface area contributed by atoms with Crippen LogP contribution in [0.25, 0.3) is 0 Å². The molecule has 29 heavy (non-hydrogen) atoms. The molecule has 3 amide bonds. The summed E-state index contributed by atoms with van der Waals surface area (Å²) in [7, 11) is 0. The van der Waals surface area contributed by atoms with Crippen molar-refractivity contribution >= 4 is 23.4 Å². The minimum Gasteiger partial charge on any atom is -0.379 e. The van der Waals surface area contributed by atoms with Gasteiger partial charge in [0.25, 0.3) is 5.91 Å². The third-order valence-electron chi connectivity index (χ3n) is 5.38. The van der Waals surface area contributed by atoms with E-state index in [4.69, 9.17) is 4.74 Å². The number of rotatable bonds is 7. The lowest BCUT2D eigenvalue weighted by atomic mass is 10.1. The number of hydrogen-bond acceptors (Lipinski definition) is 5. The molecule has 8 nitrogen and oxygen atoms in total. The molecule has 158 valence electrons. The van der Waals surface area contributed by atoms with Crippen LogP contribution in [0, 0.1) is 5.92 Å². The van der Waals surface area contributed by atoms with E-state index in [-0.39, 0.29) is 36.1 Å². The standard InChI is InChI=1S/C21H30N4O4/c1-15(2)25-14-17(13-19(25)26)21(28)23-18-5-3-16(4-6-18)20(27)22-7-8-24-9-11-29-12-10-24/h3-6,15,17H,7-14H2,1-2H3,(H,22,27)(H,23,28). The molecule has 8 heteroatoms. The van der Waals surface area contributed by atoms with Crippen molar-refractivity contribution in [2.75, 3.05) is 51.3 Å². The molecule has 1 unspecified atom stereocenters. The van der Waals surface area contributed by atoms with E-state index in [0.29, 0.717) is 24.3 Å². The van der Waals surface area contributed by atoms with Gasteiger partial charge in [-0.1, -0.05) is 0 Å². The highest BCUT2D eigenvalue weighted by Gasteiger charge is 2.35. The Balaban J connectivity index is 1.45. The SMILES string of the molecule is CC(C)N1CC(C(=O)Nc2ccc(C(=O)NCCN3CCOCC3)cc2)CC1=O. The third-order valence-corrected chi connectivity index (χ3v) is 5.38. The van der Waals surface area contributed by atoms with Gasteiger partial charge in [-0.05, 0) is 38.1 Å². The van der Waals surface area contributed by atoms with Gasteiger partial charge in [0.2, 0.25) is 11.8 Å². The van der Waals surface area contributed by atoms with E-state index in [1.54, 1.807) is 29.2 Å². The lowest BCUT2D eigenvalue weighted by Crippen LogP contribution is -2.41. The van der Waals surface area contributed by atoms with Crippen LogP contribution in [0.15, 0.2) is 24.3 Å². The first-order valence-electron chi connectivity index (χ1n) is 10.2. The first-order chi connectivity index (χ1) is 13.9. The Hall–Kier alpha value is -2.45. The maximum atomic E-state index is 12.5. The van der Waals surface area contributed by atoms with Gasteiger partial charge in [0.15, 0.2) is 0 Å². The van der Waals surface area contributed by atoms with Crippen LogP contribution in [0.1, 0.15) is 30.6 Å². The van der Waals surface area contributed by atoms with Crippen molar-refractivity contribution in [3.8, 4) is 0 Å². The second-order valence-corrected chi connectivity index (χ2v) is 7.82. The number of likely N-dealkylation sites (tertiary alicyclic amines) is 1. The zero-order valence-corrected chi connectivity index (χ0v) is 17.1. The Morgan fingerprint density at radius 3 is 2.48 bits per heavy atom. The maximum absolute atomic E-state index is 12.5. The highest BCUT2D eigenvalue weighted by Crippen LogP contribution is 2.22. The average molecular weight is 402 g/mol. The molecule has 2 N–H and O–H groups in total. The number of anilines is 1. The summed E-state index contributed by atoms with van der Waals surface area (Å²) in [4.78, 5) is 40.7. The number of amides is 3. The van der Waals surface area contributed by atoms with E-state index >= 15 is 0 Å². The maximum Gasteiger partial charge on any atom is 0.251 e. The van der Waals surface area contributed by atoms with Crippen LogP contribution in [0.4, 0.5) is 5.69 Å². The predicted octanol–water partition coefficient (Wildman–Crippen LogP) is 0.944. The fraction of sp³-hybridized carbons (Fsp3) is 0.571. The molecule has 1 aromatic rings. The molecule has 3 rings (SSSR count). The van der Waals surface area contributed by atoms with Crippen molar-refractivity contribution in [1.29, 1.82) is 0 Å². The van der Waals surface area contributed by atoms with E-state index in [1.807, 2.05) is 13.8 Å². The molecule has 0 saturated carbocycles. The van der Waals surface area contributed by atoms with Crippen molar-refractivity contribution in [3.63, 3.8) is 0 Å². The van der Waals surface area contributed by atoms with Gasteiger partial charge in [0.1, 0.15) is 0 Å². The van der Waals surface area contributed by atoms with Gasteiger partial charge in [0, 0.05) is 56.4 Å². The summed E-state index contributed by atoms with van der Waals surface area (Å²) in [6.45, 7) is 9.00. The Bertz CT molecular complexity index is 729. The number of ether oxygens (including phenoxy) is 1. The first-order valence-corrected chi connectivity index (χ1v) is 10.2. The molecule has 2 heterocycles. The van der Waals surface area contributed by atoms with Crippen molar-refractivity contribution in [2.45, 2.75) is 26.3 Å². The van der Waals surface area contributed by atoms with Crippen LogP contribution in [0.2, 0.25) is 0 Å². The summed E-state index contributed by atoms with van der Waals surface area (Å²) in [5, 5.41) is 5.77. The number of morpholine rings is 1. The lowest BCUT2D eigenvalue weighted by Gasteiger charge is -2.26. The van der Waals surface area contributed by atoms with E-state index < -0.39 is 0 Å². The predicted molar refractivity (Wildman–Crippen MR) is 110 cm³/mol. The minimum atomic E-state index is -0.340. The fourth-order valence-electron chi connectivity index (χ4n) is 3.61. The van der Waals surface area contributed by atoms with E-state index in [9.17, 15) is 14.4 Å². The van der Waals surface area contributed by atoms with Crippen LogP contribution in [-0.2, 0) is 14.3 Å². The summed E-state index contributed by atoms with van der Waals surface area (Å²) >= 11 is 0. The van der Waals surface area contributed by atoms with E-state index in [2.05, 4.69) is 15.5 Å². The van der Waals surface area contributed by atoms with Crippen LogP contribution in [0.3, 0.4) is 0 Å². The Morgan fingerprint density at radius 1 is 1.17 bits per heavy atom. The van der Waals surface area contributed by atoms with Crippen LogP contribution < -0.4 is 10.6 Å². The second kappa shape index (κ2) is 9.84. The third kappa shape index (κ3) is 5.77. The number of carbonyl (C=O) groups excluding carboxylic acids is 3. The van der Waals surface area contributed by atoms with Gasteiger partial charge in [-0.15, -0.1) is 0 Å². The summed E-state index contributed by atoms with van der Waals surface area (Å²) < 4.78 is 5.31. The van der Waals surface area contributed by atoms with Crippen molar-refractivity contribution in [1.82, 2.24) is 15.1 Å². The second-order valence-electron chi connectivity index (χ2n) is 7.82. The molecule has 2 saturated heterocycles. The van der Waals surface area contributed by atoms with Crippen molar-refractivity contribution < 1.29 is 19.1 Å². The van der Waals surface area contributed by atoms with Gasteiger partial charge >= 0.3 is 0 Å². The van der Waals surface area contributed by atoms with Crippen LogP contribution in [0.5, 0.6) is 0 Å². The van der Waals surface area contributed by atoms with E-state index in [0.717, 1.165) is 32.8 Å². The number of hydrogen-bond donors (Lipinski definition) is 2. The largest absolute Gasteiger partial charge is 0.379 e. The van der Waals surface area contributed by atoms with Crippen molar-refractivity contribution in [2.24, 2.45) is 5.92 Å². The highest BCUT2D eigenvalue weighted by atomic mass is 16.5. The molecule has 0 aliphatic carbocycles. The molecule has 2 fully saturated rings. The van der Waals surface area contributed by atoms with Crippen LogP contribution >= 0.6 is 0 Å². The minimum absolute atomic E-state index is 0.0178. The monoisotopic (exact) mass is 402 g/mol. The Labute approximate surface area is 171 Å². The smallest absolute Gasteiger partial charge is 0.251 e. The van der Waals surface area contributed by atoms with E-state index in [1.165, 1.54) is 0 Å². The first kappa shape index (κ1) is 21.3. The Morgan fingerprint density at radius 2 is 1.86 bits per heavy atom. The molecular weight excluding hydrogens is 372 g/mol. The number of benzene rings is 1. The summed E-state index contributed by atoms with van der Waals surface area (Å²) in [6.07, 6.45) is 0.244. The normalized spacial score (nSPS) is 20.2. The average Bonchev–Trinajstić information content (AvgIpc) is 3.11. The molecule has 0 radical (unpaired) electrons. The zero-order valence-electron chi connectivity index (χ0n) is 17.1. The van der Waals surface area contributed by atoms with Gasteiger partial charge in [-0.25, -0.2) is 0 Å². The molecular formula is C21H30N4O4. The highest BCUT2D eigenvalue weighted by molar-refractivity contribution is 5.98. The molecule has 0 aromatic heterocycles.